The third-order valence-corrected chi connectivity index (χ3v) is 7.65. The summed E-state index contributed by atoms with van der Waals surface area (Å²) < 4.78 is 0. The third kappa shape index (κ3) is 6.03. The molecule has 3 heterocycles. The highest BCUT2D eigenvalue weighted by atomic mass is 35.5. The number of aryl methyl sites for hydroxylation is 1. The van der Waals surface area contributed by atoms with E-state index in [2.05, 4.69) is 26.7 Å². The van der Waals surface area contributed by atoms with Gasteiger partial charge >= 0.3 is 0 Å². The molecule has 192 valence electrons. The zero-order chi connectivity index (χ0) is 22.9. The summed E-state index contributed by atoms with van der Waals surface area (Å²) >= 11 is 6.10. The van der Waals surface area contributed by atoms with Crippen molar-refractivity contribution < 1.29 is 9.90 Å². The molecule has 2 saturated heterocycles. The van der Waals surface area contributed by atoms with Gasteiger partial charge in [0, 0.05) is 62.1 Å². The number of carbonyl (C=O) groups excluding carboxylic acids is 1. The highest BCUT2D eigenvalue weighted by molar-refractivity contribution is 6.30. The monoisotopic (exact) mass is 541 g/mol. The summed E-state index contributed by atoms with van der Waals surface area (Å²) in [4.78, 5) is 29.3. The van der Waals surface area contributed by atoms with Gasteiger partial charge in [0.25, 0.3) is 0 Å². The largest absolute Gasteiger partial charge is 0.392 e. The van der Waals surface area contributed by atoms with Gasteiger partial charge in [-0.3, -0.25) is 9.69 Å². The maximum Gasteiger partial charge on any atom is 0.231 e. The van der Waals surface area contributed by atoms with E-state index >= 15 is 0 Å². The van der Waals surface area contributed by atoms with Gasteiger partial charge in [0.15, 0.2) is 0 Å². The normalized spacial score (nSPS) is 22.8. The van der Waals surface area contributed by atoms with Gasteiger partial charge in [-0.1, -0.05) is 30.7 Å². The summed E-state index contributed by atoms with van der Waals surface area (Å²) in [5, 5.41) is 10.6. The molecule has 35 heavy (non-hydrogen) atoms. The molecule has 1 amide bonds. The fourth-order valence-electron chi connectivity index (χ4n) is 5.49. The number of aliphatic hydroxyl groups is 1. The minimum Gasteiger partial charge on any atom is -0.392 e. The minimum absolute atomic E-state index is 0. The van der Waals surface area contributed by atoms with Gasteiger partial charge in [-0.15, -0.1) is 24.8 Å². The van der Waals surface area contributed by atoms with Crippen molar-refractivity contribution in [3.05, 3.63) is 52.4 Å². The Morgan fingerprint density at radius 2 is 1.80 bits per heavy atom. The zero-order valence-corrected chi connectivity index (χ0v) is 22.4. The fraction of sp³-hybridized carbons (Fsp3) is 0.560. The number of fused-ring (bicyclic) bond motifs is 1. The van der Waals surface area contributed by atoms with Crippen LogP contribution in [-0.2, 0) is 11.2 Å². The number of carbonyl (C=O) groups is 1. The summed E-state index contributed by atoms with van der Waals surface area (Å²) in [6.07, 6.45) is 4.31. The Kier molecular flexibility index (Phi) is 9.63. The third-order valence-electron chi connectivity index (χ3n) is 7.40. The van der Waals surface area contributed by atoms with Crippen LogP contribution in [-0.4, -0.2) is 82.7 Å². The second-order valence-electron chi connectivity index (χ2n) is 9.62. The van der Waals surface area contributed by atoms with E-state index in [-0.39, 0.29) is 42.7 Å². The van der Waals surface area contributed by atoms with E-state index in [1.807, 2.05) is 29.2 Å². The number of amides is 1. The molecule has 7 nitrogen and oxygen atoms in total. The number of aromatic nitrogens is 2. The number of nitrogens with zero attached hydrogens (tertiary/aromatic N) is 5. The van der Waals surface area contributed by atoms with Crippen molar-refractivity contribution in [1.29, 1.82) is 0 Å². The molecule has 3 aliphatic rings. The molecule has 10 heteroatoms. The van der Waals surface area contributed by atoms with Crippen molar-refractivity contribution in [2.45, 2.75) is 44.1 Å². The number of piperazine rings is 1. The summed E-state index contributed by atoms with van der Waals surface area (Å²) in [6.45, 7) is 7.23. The average molecular weight is 543 g/mol. The molecule has 0 unspecified atom stereocenters. The van der Waals surface area contributed by atoms with E-state index in [0.717, 1.165) is 50.3 Å². The van der Waals surface area contributed by atoms with Crippen LogP contribution in [0.5, 0.6) is 0 Å². The topological polar surface area (TPSA) is 72.8 Å². The van der Waals surface area contributed by atoms with E-state index in [1.54, 1.807) is 6.33 Å². The predicted molar refractivity (Wildman–Crippen MR) is 143 cm³/mol. The molecule has 5 rings (SSSR count). The molecule has 3 atom stereocenters. The first kappa shape index (κ1) is 27.9. The minimum atomic E-state index is -0.300. The van der Waals surface area contributed by atoms with Crippen LogP contribution < -0.4 is 4.90 Å². The zero-order valence-electron chi connectivity index (χ0n) is 20.0. The van der Waals surface area contributed by atoms with Gasteiger partial charge in [-0.2, -0.15) is 0 Å². The number of hydrogen-bond donors (Lipinski definition) is 1. The Bertz CT molecular complexity index is 1000. The number of anilines is 1. The van der Waals surface area contributed by atoms with Crippen LogP contribution >= 0.6 is 36.4 Å². The number of hydrogen-bond acceptors (Lipinski definition) is 6. The molecule has 1 aliphatic carbocycles. The van der Waals surface area contributed by atoms with E-state index in [0.29, 0.717) is 37.1 Å². The van der Waals surface area contributed by atoms with Crippen molar-refractivity contribution in [2.24, 2.45) is 0 Å². The molecule has 2 aromatic rings. The molecular weight excluding hydrogens is 509 g/mol. The molecule has 0 bridgehead atoms. The number of rotatable bonds is 5. The molecule has 1 aromatic carbocycles. The SMILES string of the molecule is C[C@@H]1CCc2ncnc(N3CCN(C(=O)[C@H](CN4CC[C@H](O)C4)c4ccc(Cl)cc4)CC3)c21.Cl.Cl. The average Bonchev–Trinajstić information content (AvgIpc) is 3.43. The Hall–Kier alpha value is -1.64. The Balaban J connectivity index is 0.00000171. The van der Waals surface area contributed by atoms with E-state index in [9.17, 15) is 9.90 Å². The van der Waals surface area contributed by atoms with Gasteiger partial charge in [0.1, 0.15) is 12.1 Å². The van der Waals surface area contributed by atoms with Crippen LogP contribution in [0, 0.1) is 0 Å². The Morgan fingerprint density at radius 3 is 2.46 bits per heavy atom. The van der Waals surface area contributed by atoms with Crippen molar-refractivity contribution in [1.82, 2.24) is 19.8 Å². The molecule has 0 spiro atoms. The standard InChI is InChI=1S/C25H32ClN5O2.2ClH/c1-17-2-7-22-23(17)24(28-16-27-22)30-10-12-31(13-11-30)25(33)21(15-29-9-8-20(32)14-29)18-3-5-19(26)6-4-18;;/h3-6,16-17,20-21,32H,2,7-15H2,1H3;2*1H/t17-,20+,21-;;/m1../s1. The maximum atomic E-state index is 13.7. The number of likely N-dealkylation sites (tertiary alicyclic amines) is 1. The molecule has 1 N–H and O–H groups in total. The second kappa shape index (κ2) is 12.1. The lowest BCUT2D eigenvalue weighted by Gasteiger charge is -2.38. The van der Waals surface area contributed by atoms with Crippen LogP contribution in [0.3, 0.4) is 0 Å². The van der Waals surface area contributed by atoms with Gasteiger partial charge in [0.05, 0.1) is 12.0 Å². The number of halogens is 3. The quantitative estimate of drug-likeness (QED) is 0.623. The second-order valence-corrected chi connectivity index (χ2v) is 10.1. The van der Waals surface area contributed by atoms with E-state index < -0.39 is 0 Å². The van der Waals surface area contributed by atoms with Crippen LogP contribution in [0.4, 0.5) is 5.82 Å². The van der Waals surface area contributed by atoms with Crippen LogP contribution in [0.2, 0.25) is 5.02 Å². The maximum absolute atomic E-state index is 13.7. The van der Waals surface area contributed by atoms with Crippen LogP contribution in [0.25, 0.3) is 0 Å². The molecule has 0 saturated carbocycles. The van der Waals surface area contributed by atoms with Crippen molar-refractivity contribution in [3.8, 4) is 0 Å². The summed E-state index contributed by atoms with van der Waals surface area (Å²) in [5.41, 5.74) is 3.46. The molecule has 0 radical (unpaired) electrons. The first-order chi connectivity index (χ1) is 16.0. The lowest BCUT2D eigenvalue weighted by atomic mass is 9.96. The summed E-state index contributed by atoms with van der Waals surface area (Å²) in [5.74, 6) is 1.43. The van der Waals surface area contributed by atoms with Gasteiger partial charge in [-0.25, -0.2) is 9.97 Å². The Morgan fingerprint density at radius 1 is 1.09 bits per heavy atom. The van der Waals surface area contributed by atoms with Gasteiger partial charge in [0.2, 0.25) is 5.91 Å². The lowest BCUT2D eigenvalue weighted by molar-refractivity contribution is -0.133. The summed E-state index contributed by atoms with van der Waals surface area (Å²) in [7, 11) is 0. The highest BCUT2D eigenvalue weighted by Crippen LogP contribution is 2.37. The first-order valence-electron chi connectivity index (χ1n) is 12.0. The van der Waals surface area contributed by atoms with Gasteiger partial charge < -0.3 is 14.9 Å². The highest BCUT2D eigenvalue weighted by Gasteiger charge is 2.34. The summed E-state index contributed by atoms with van der Waals surface area (Å²) in [6, 6.07) is 7.62. The lowest BCUT2D eigenvalue weighted by Crippen LogP contribution is -2.51. The molecule has 2 aliphatic heterocycles. The van der Waals surface area contributed by atoms with Crippen LogP contribution in [0.1, 0.15) is 48.4 Å². The smallest absolute Gasteiger partial charge is 0.231 e. The fourth-order valence-corrected chi connectivity index (χ4v) is 5.62. The number of β-amino-alcohol motifs (C(OH)–C–C–N with tert-alkyl or cyclic N) is 1. The van der Waals surface area contributed by atoms with E-state index in [1.165, 1.54) is 11.3 Å². The van der Waals surface area contributed by atoms with Crippen molar-refractivity contribution in [3.63, 3.8) is 0 Å². The van der Waals surface area contributed by atoms with Crippen molar-refractivity contribution in [2.75, 3.05) is 50.7 Å². The van der Waals surface area contributed by atoms with Crippen LogP contribution in [0.15, 0.2) is 30.6 Å². The molecule has 2 fully saturated rings. The predicted octanol–water partition coefficient (Wildman–Crippen LogP) is 3.52. The number of benzene rings is 1. The Labute approximate surface area is 224 Å². The molecular formula is C25H34Cl3N5O2. The molecule has 1 aromatic heterocycles. The number of aliphatic hydroxyl groups excluding tert-OH is 1. The van der Waals surface area contributed by atoms with Crippen molar-refractivity contribution >= 4 is 48.1 Å². The first-order valence-corrected chi connectivity index (χ1v) is 12.4. The van der Waals surface area contributed by atoms with E-state index in [4.69, 9.17) is 11.6 Å². The van der Waals surface area contributed by atoms with Gasteiger partial charge in [-0.05, 0) is 42.9 Å².